The number of nitrogens with one attached hydrogen (secondary N) is 1. The second kappa shape index (κ2) is 5.70. The van der Waals surface area contributed by atoms with Gasteiger partial charge in [0.2, 0.25) is 0 Å². The van der Waals surface area contributed by atoms with E-state index in [1.807, 2.05) is 11.3 Å². The highest BCUT2D eigenvalue weighted by molar-refractivity contribution is 7.12. The number of hydrogen-bond acceptors (Lipinski definition) is 4. The minimum absolute atomic E-state index is 0.0620. The lowest BCUT2D eigenvalue weighted by Crippen LogP contribution is -2.55. The Labute approximate surface area is 114 Å². The molecule has 1 aliphatic heterocycles. The lowest BCUT2D eigenvalue weighted by Gasteiger charge is -2.45. The average Bonchev–Trinajstić information content (AvgIpc) is 2.77. The van der Waals surface area contributed by atoms with Crippen molar-refractivity contribution in [3.05, 3.63) is 21.9 Å². The van der Waals surface area contributed by atoms with Gasteiger partial charge in [0.1, 0.15) is 0 Å². The SMILES string of the molecule is Cc1ccc(C(NN)C(C)(C)N2CCCCC2)s1. The molecule has 1 fully saturated rings. The summed E-state index contributed by atoms with van der Waals surface area (Å²) in [4.78, 5) is 5.26. The van der Waals surface area contributed by atoms with Crippen LogP contribution in [0.5, 0.6) is 0 Å². The van der Waals surface area contributed by atoms with Crippen LogP contribution in [0, 0.1) is 6.92 Å². The predicted octanol–water partition coefficient (Wildman–Crippen LogP) is 2.83. The van der Waals surface area contributed by atoms with Crippen LogP contribution in [-0.4, -0.2) is 23.5 Å². The second-order valence-corrected chi connectivity index (χ2v) is 7.07. The van der Waals surface area contributed by atoms with E-state index < -0.39 is 0 Å². The summed E-state index contributed by atoms with van der Waals surface area (Å²) in [5.41, 5.74) is 3.10. The number of aryl methyl sites for hydroxylation is 1. The molecule has 1 aromatic heterocycles. The summed E-state index contributed by atoms with van der Waals surface area (Å²) in [7, 11) is 0. The van der Waals surface area contributed by atoms with Crippen molar-refractivity contribution in [3.8, 4) is 0 Å². The van der Waals surface area contributed by atoms with E-state index >= 15 is 0 Å². The number of likely N-dealkylation sites (tertiary alicyclic amines) is 1. The third kappa shape index (κ3) is 2.77. The zero-order valence-electron chi connectivity index (χ0n) is 11.7. The van der Waals surface area contributed by atoms with E-state index in [0.717, 1.165) is 0 Å². The fraction of sp³-hybridized carbons (Fsp3) is 0.714. The summed E-state index contributed by atoms with van der Waals surface area (Å²) in [6, 6.07) is 4.58. The maximum Gasteiger partial charge on any atom is 0.0731 e. The van der Waals surface area contributed by atoms with Gasteiger partial charge >= 0.3 is 0 Å². The van der Waals surface area contributed by atoms with Crippen molar-refractivity contribution >= 4 is 11.3 Å². The number of nitrogens with zero attached hydrogens (tertiary/aromatic N) is 1. The van der Waals surface area contributed by atoms with E-state index in [0.29, 0.717) is 0 Å². The van der Waals surface area contributed by atoms with Gasteiger partial charge in [-0.3, -0.25) is 16.2 Å². The maximum absolute atomic E-state index is 5.84. The largest absolute Gasteiger partial charge is 0.296 e. The van der Waals surface area contributed by atoms with Gasteiger partial charge in [0.05, 0.1) is 6.04 Å². The first-order chi connectivity index (χ1) is 8.55. The van der Waals surface area contributed by atoms with Crippen LogP contribution < -0.4 is 11.3 Å². The third-order valence-electron chi connectivity index (χ3n) is 4.09. The monoisotopic (exact) mass is 267 g/mol. The molecule has 18 heavy (non-hydrogen) atoms. The molecule has 1 aliphatic rings. The van der Waals surface area contributed by atoms with Crippen LogP contribution in [0.4, 0.5) is 0 Å². The first-order valence-corrected chi connectivity index (χ1v) is 7.65. The van der Waals surface area contributed by atoms with Crippen LogP contribution in [0.1, 0.15) is 48.9 Å². The summed E-state index contributed by atoms with van der Waals surface area (Å²) >= 11 is 1.84. The van der Waals surface area contributed by atoms with Gasteiger partial charge in [-0.1, -0.05) is 6.42 Å². The fourth-order valence-electron chi connectivity index (χ4n) is 2.90. The van der Waals surface area contributed by atoms with Crippen molar-refractivity contribution in [1.29, 1.82) is 0 Å². The van der Waals surface area contributed by atoms with Gasteiger partial charge in [0.25, 0.3) is 0 Å². The molecular formula is C14H25N3S. The highest BCUT2D eigenvalue weighted by Crippen LogP contribution is 2.35. The lowest BCUT2D eigenvalue weighted by molar-refractivity contribution is 0.0619. The van der Waals surface area contributed by atoms with Crippen molar-refractivity contribution in [2.24, 2.45) is 5.84 Å². The minimum atomic E-state index is 0.0620. The van der Waals surface area contributed by atoms with E-state index in [2.05, 4.69) is 43.2 Å². The topological polar surface area (TPSA) is 41.3 Å². The van der Waals surface area contributed by atoms with Crippen LogP contribution in [0.2, 0.25) is 0 Å². The zero-order valence-corrected chi connectivity index (χ0v) is 12.5. The van der Waals surface area contributed by atoms with Crippen LogP contribution >= 0.6 is 11.3 Å². The van der Waals surface area contributed by atoms with E-state index in [1.165, 1.54) is 42.1 Å². The molecule has 0 aromatic carbocycles. The van der Waals surface area contributed by atoms with E-state index in [-0.39, 0.29) is 11.6 Å². The Balaban J connectivity index is 2.19. The number of hydrazine groups is 1. The molecule has 102 valence electrons. The molecule has 1 saturated heterocycles. The molecule has 1 aromatic rings. The Morgan fingerprint density at radius 2 is 1.94 bits per heavy atom. The Hall–Kier alpha value is -0.420. The molecule has 0 bridgehead atoms. The number of piperidine rings is 1. The van der Waals surface area contributed by atoms with Crippen molar-refractivity contribution in [1.82, 2.24) is 10.3 Å². The molecule has 0 saturated carbocycles. The van der Waals surface area contributed by atoms with Crippen LogP contribution in [-0.2, 0) is 0 Å². The first kappa shape index (κ1) is 14.0. The van der Waals surface area contributed by atoms with Gasteiger partial charge < -0.3 is 0 Å². The van der Waals surface area contributed by atoms with Gasteiger partial charge in [-0.2, -0.15) is 0 Å². The van der Waals surface area contributed by atoms with E-state index in [1.54, 1.807) is 0 Å². The Morgan fingerprint density at radius 3 is 2.44 bits per heavy atom. The average molecular weight is 267 g/mol. The highest BCUT2D eigenvalue weighted by Gasteiger charge is 2.37. The Kier molecular flexibility index (Phi) is 4.43. The summed E-state index contributed by atoms with van der Waals surface area (Å²) < 4.78 is 0. The van der Waals surface area contributed by atoms with E-state index in [4.69, 9.17) is 5.84 Å². The fourth-order valence-corrected chi connectivity index (χ4v) is 4.01. The normalized spacial score (nSPS) is 20.0. The zero-order chi connectivity index (χ0) is 13.2. The molecule has 2 rings (SSSR count). The van der Waals surface area contributed by atoms with Gasteiger partial charge in [-0.15, -0.1) is 11.3 Å². The summed E-state index contributed by atoms with van der Waals surface area (Å²) in [6.07, 6.45) is 3.99. The molecule has 2 heterocycles. The number of thiophene rings is 1. The van der Waals surface area contributed by atoms with Crippen molar-refractivity contribution in [3.63, 3.8) is 0 Å². The van der Waals surface area contributed by atoms with Gasteiger partial charge in [0.15, 0.2) is 0 Å². The molecule has 0 radical (unpaired) electrons. The van der Waals surface area contributed by atoms with Crippen LogP contribution in [0.3, 0.4) is 0 Å². The maximum atomic E-state index is 5.84. The van der Waals surface area contributed by atoms with Gasteiger partial charge in [-0.05, 0) is 58.8 Å². The molecule has 0 aliphatic carbocycles. The van der Waals surface area contributed by atoms with Crippen molar-refractivity contribution in [2.45, 2.75) is 51.6 Å². The van der Waals surface area contributed by atoms with Gasteiger partial charge in [-0.25, -0.2) is 0 Å². The first-order valence-electron chi connectivity index (χ1n) is 6.83. The highest BCUT2D eigenvalue weighted by atomic mass is 32.1. The molecular weight excluding hydrogens is 242 g/mol. The van der Waals surface area contributed by atoms with E-state index in [9.17, 15) is 0 Å². The number of nitrogens with two attached hydrogens (primary N) is 1. The van der Waals surface area contributed by atoms with Crippen molar-refractivity contribution < 1.29 is 0 Å². The third-order valence-corrected chi connectivity index (χ3v) is 5.16. The number of hydrogen-bond donors (Lipinski definition) is 2. The van der Waals surface area contributed by atoms with Crippen molar-refractivity contribution in [2.75, 3.05) is 13.1 Å². The predicted molar refractivity (Wildman–Crippen MR) is 78.6 cm³/mol. The standard InChI is InChI=1S/C14H25N3S/c1-11-7-8-12(18-11)13(16-15)14(2,3)17-9-5-4-6-10-17/h7-8,13,16H,4-6,9-10,15H2,1-3H3. The molecule has 1 unspecified atom stereocenters. The summed E-state index contributed by atoms with van der Waals surface area (Å²) in [5.74, 6) is 5.84. The van der Waals surface area contributed by atoms with Crippen LogP contribution in [0.25, 0.3) is 0 Å². The number of rotatable bonds is 4. The minimum Gasteiger partial charge on any atom is -0.296 e. The lowest BCUT2D eigenvalue weighted by atomic mass is 9.89. The van der Waals surface area contributed by atoms with Crippen LogP contribution in [0.15, 0.2) is 12.1 Å². The molecule has 3 N–H and O–H groups in total. The Morgan fingerprint density at radius 1 is 1.28 bits per heavy atom. The molecule has 1 atom stereocenters. The molecule has 0 spiro atoms. The second-order valence-electron chi connectivity index (χ2n) is 5.75. The van der Waals surface area contributed by atoms with Gasteiger partial charge in [0, 0.05) is 15.3 Å². The smallest absolute Gasteiger partial charge is 0.0731 e. The molecule has 3 nitrogen and oxygen atoms in total. The quantitative estimate of drug-likeness (QED) is 0.651. The molecule has 0 amide bonds. The summed E-state index contributed by atoms with van der Waals surface area (Å²) in [5, 5.41) is 0. The summed E-state index contributed by atoms with van der Waals surface area (Å²) in [6.45, 7) is 9.14. The molecule has 4 heteroatoms. The Bertz CT molecular complexity index is 380.